The highest BCUT2D eigenvalue weighted by Crippen LogP contribution is 2.26. The average Bonchev–Trinajstić information content (AvgIpc) is 2.99. The number of hydrogen-bond donors (Lipinski definition) is 1. The van der Waals surface area contributed by atoms with Gasteiger partial charge in [-0.1, -0.05) is 42.2 Å². The topological polar surface area (TPSA) is 81.2 Å². The van der Waals surface area contributed by atoms with E-state index in [1.807, 2.05) is 0 Å². The van der Waals surface area contributed by atoms with Crippen LogP contribution in [-0.2, 0) is 4.79 Å². The van der Waals surface area contributed by atoms with Crippen LogP contribution < -0.4 is 10.1 Å². The van der Waals surface area contributed by atoms with Crippen molar-refractivity contribution in [3.05, 3.63) is 29.8 Å². The van der Waals surface area contributed by atoms with Crippen molar-refractivity contribution in [2.45, 2.75) is 17.7 Å². The van der Waals surface area contributed by atoms with Gasteiger partial charge in [0.2, 0.25) is 11.0 Å². The fourth-order valence-electron chi connectivity index (χ4n) is 1.53. The number of rotatable bonds is 7. The van der Waals surface area contributed by atoms with E-state index in [4.69, 9.17) is 4.74 Å². The molecule has 0 bridgehead atoms. The quantitative estimate of drug-likeness (QED) is 0.475. The Morgan fingerprint density at radius 3 is 2.91 bits per heavy atom. The number of thioether (sulfide) groups is 1. The summed E-state index contributed by atoms with van der Waals surface area (Å²) in [6.07, 6.45) is 0.385. The Kier molecular flexibility index (Phi) is 5.91. The second kappa shape index (κ2) is 7.90. The molecule has 1 aromatic heterocycles. The first kappa shape index (κ1) is 16.4. The summed E-state index contributed by atoms with van der Waals surface area (Å²) in [7, 11) is 1.56. The molecule has 1 aromatic carbocycles. The van der Waals surface area contributed by atoms with E-state index in [-0.39, 0.29) is 17.4 Å². The third-order valence-corrected chi connectivity index (χ3v) is 4.66. The molecule has 0 aliphatic carbocycles. The Morgan fingerprint density at radius 2 is 2.18 bits per heavy atom. The number of benzene rings is 1. The van der Waals surface area contributed by atoms with Crippen LogP contribution in [0.2, 0.25) is 0 Å². The lowest BCUT2D eigenvalue weighted by atomic mass is 10.1. The van der Waals surface area contributed by atoms with E-state index in [0.29, 0.717) is 27.2 Å². The first-order valence-electron chi connectivity index (χ1n) is 6.55. The van der Waals surface area contributed by atoms with Crippen molar-refractivity contribution >= 4 is 39.9 Å². The van der Waals surface area contributed by atoms with E-state index >= 15 is 0 Å². The van der Waals surface area contributed by atoms with Crippen LogP contribution in [0.4, 0.5) is 5.13 Å². The van der Waals surface area contributed by atoms with Crippen molar-refractivity contribution in [1.82, 2.24) is 10.2 Å². The summed E-state index contributed by atoms with van der Waals surface area (Å²) in [5, 5.41) is 10.9. The van der Waals surface area contributed by atoms with Crippen LogP contribution in [0.25, 0.3) is 0 Å². The highest BCUT2D eigenvalue weighted by molar-refractivity contribution is 8.01. The molecule has 0 aliphatic heterocycles. The number of ether oxygens (including phenoxy) is 1. The molecule has 1 amide bonds. The number of Topliss-reactive ketones (excluding diaryl/α,β-unsaturated/α-hetero) is 1. The van der Waals surface area contributed by atoms with Gasteiger partial charge in [-0.3, -0.25) is 9.59 Å². The lowest BCUT2D eigenvalue weighted by molar-refractivity contribution is -0.115. The SMILES string of the molecule is CCC(=O)Nc1nnc(SCC(=O)c2cccc(OC)c2)s1. The molecule has 0 atom stereocenters. The average molecular weight is 337 g/mol. The maximum Gasteiger partial charge on any atom is 0.225 e. The zero-order valence-electron chi connectivity index (χ0n) is 12.2. The molecule has 0 saturated carbocycles. The number of amides is 1. The summed E-state index contributed by atoms with van der Waals surface area (Å²) < 4.78 is 5.74. The number of carbonyl (C=O) groups is 2. The molecule has 0 fully saturated rings. The number of anilines is 1. The molecule has 8 heteroatoms. The van der Waals surface area contributed by atoms with Crippen molar-refractivity contribution in [2.24, 2.45) is 0 Å². The maximum atomic E-state index is 12.1. The van der Waals surface area contributed by atoms with E-state index in [1.54, 1.807) is 38.3 Å². The van der Waals surface area contributed by atoms with Crippen LogP contribution in [-0.4, -0.2) is 34.8 Å². The van der Waals surface area contributed by atoms with Gasteiger partial charge in [-0.2, -0.15) is 0 Å². The summed E-state index contributed by atoms with van der Waals surface area (Å²) in [6.45, 7) is 1.76. The molecular formula is C14H15N3O3S2. The number of carbonyl (C=O) groups excluding carboxylic acids is 2. The molecule has 2 rings (SSSR count). The minimum atomic E-state index is -0.111. The molecule has 0 spiro atoms. The molecule has 2 aromatic rings. The maximum absolute atomic E-state index is 12.1. The largest absolute Gasteiger partial charge is 0.497 e. The van der Waals surface area contributed by atoms with Gasteiger partial charge in [0.15, 0.2) is 10.1 Å². The van der Waals surface area contributed by atoms with Crippen molar-refractivity contribution < 1.29 is 14.3 Å². The monoisotopic (exact) mass is 337 g/mol. The fraction of sp³-hybridized carbons (Fsp3) is 0.286. The second-order valence-corrected chi connectivity index (χ2v) is 6.42. The Bertz CT molecular complexity index is 673. The number of ketones is 1. The van der Waals surface area contributed by atoms with Crippen molar-refractivity contribution in [3.63, 3.8) is 0 Å². The third-order valence-electron chi connectivity index (χ3n) is 2.69. The van der Waals surface area contributed by atoms with Crippen molar-refractivity contribution in [2.75, 3.05) is 18.2 Å². The van der Waals surface area contributed by atoms with Gasteiger partial charge in [0.1, 0.15) is 5.75 Å². The summed E-state index contributed by atoms with van der Waals surface area (Å²) in [5.41, 5.74) is 0.593. The van der Waals surface area contributed by atoms with Crippen LogP contribution in [0.15, 0.2) is 28.6 Å². The van der Waals surface area contributed by atoms with Gasteiger partial charge in [-0.25, -0.2) is 0 Å². The van der Waals surface area contributed by atoms with Gasteiger partial charge >= 0.3 is 0 Å². The number of nitrogens with one attached hydrogen (secondary N) is 1. The number of aromatic nitrogens is 2. The lowest BCUT2D eigenvalue weighted by Crippen LogP contribution is -2.08. The minimum absolute atomic E-state index is 0.0155. The van der Waals surface area contributed by atoms with Crippen LogP contribution in [0.5, 0.6) is 5.75 Å². The molecule has 1 heterocycles. The minimum Gasteiger partial charge on any atom is -0.497 e. The number of nitrogens with zero attached hydrogens (tertiary/aromatic N) is 2. The van der Waals surface area contributed by atoms with E-state index in [2.05, 4.69) is 15.5 Å². The predicted molar refractivity (Wildman–Crippen MR) is 86.9 cm³/mol. The van der Waals surface area contributed by atoms with E-state index in [1.165, 1.54) is 23.1 Å². The van der Waals surface area contributed by atoms with Crippen molar-refractivity contribution in [1.29, 1.82) is 0 Å². The Labute approximate surface area is 136 Å². The molecule has 22 heavy (non-hydrogen) atoms. The predicted octanol–water partition coefficient (Wildman–Crippen LogP) is 2.87. The van der Waals surface area contributed by atoms with E-state index in [0.717, 1.165) is 0 Å². The highest BCUT2D eigenvalue weighted by atomic mass is 32.2. The lowest BCUT2D eigenvalue weighted by Gasteiger charge is -2.02. The molecule has 116 valence electrons. The summed E-state index contributed by atoms with van der Waals surface area (Å²) in [5.74, 6) is 0.776. The van der Waals surface area contributed by atoms with Gasteiger partial charge in [0.25, 0.3) is 0 Å². The molecule has 1 N–H and O–H groups in total. The molecule has 0 aliphatic rings. The Hall–Kier alpha value is -1.93. The van der Waals surface area contributed by atoms with Crippen LogP contribution in [0.3, 0.4) is 0 Å². The zero-order valence-corrected chi connectivity index (χ0v) is 13.8. The second-order valence-electron chi connectivity index (χ2n) is 4.22. The van der Waals surface area contributed by atoms with E-state index in [9.17, 15) is 9.59 Å². The number of methoxy groups -OCH3 is 1. The van der Waals surface area contributed by atoms with E-state index < -0.39 is 0 Å². The smallest absolute Gasteiger partial charge is 0.225 e. The van der Waals surface area contributed by atoms with Gasteiger partial charge in [-0.15, -0.1) is 10.2 Å². The molecule has 0 unspecified atom stereocenters. The molecule has 6 nitrogen and oxygen atoms in total. The van der Waals surface area contributed by atoms with Gasteiger partial charge in [0, 0.05) is 12.0 Å². The molecule has 0 radical (unpaired) electrons. The van der Waals surface area contributed by atoms with Gasteiger partial charge in [-0.05, 0) is 12.1 Å². The Balaban J connectivity index is 1.92. The normalized spacial score (nSPS) is 10.3. The first-order chi connectivity index (χ1) is 10.6. The van der Waals surface area contributed by atoms with Crippen LogP contribution in [0, 0.1) is 0 Å². The van der Waals surface area contributed by atoms with Crippen LogP contribution >= 0.6 is 23.1 Å². The summed E-state index contributed by atoms with van der Waals surface area (Å²) >= 11 is 2.55. The standard InChI is InChI=1S/C14H15N3O3S2/c1-3-12(19)15-13-16-17-14(22-13)21-8-11(18)9-5-4-6-10(7-9)20-2/h4-7H,3,8H2,1-2H3,(H,15,16,19). The molecular weight excluding hydrogens is 322 g/mol. The zero-order chi connectivity index (χ0) is 15.9. The first-order valence-corrected chi connectivity index (χ1v) is 8.36. The van der Waals surface area contributed by atoms with Crippen LogP contribution in [0.1, 0.15) is 23.7 Å². The Morgan fingerprint density at radius 1 is 1.36 bits per heavy atom. The fourth-order valence-corrected chi connectivity index (χ4v) is 3.20. The van der Waals surface area contributed by atoms with Gasteiger partial charge < -0.3 is 10.1 Å². The summed E-state index contributed by atoms with van der Waals surface area (Å²) in [6, 6.07) is 7.02. The van der Waals surface area contributed by atoms with Crippen molar-refractivity contribution in [3.8, 4) is 5.75 Å². The third kappa shape index (κ3) is 4.54. The molecule has 0 saturated heterocycles. The highest BCUT2D eigenvalue weighted by Gasteiger charge is 2.11. The van der Waals surface area contributed by atoms with Gasteiger partial charge in [0.05, 0.1) is 12.9 Å². The summed E-state index contributed by atoms with van der Waals surface area (Å²) in [4.78, 5) is 23.4. The number of hydrogen-bond acceptors (Lipinski definition) is 7.